The van der Waals surface area contributed by atoms with Gasteiger partial charge < -0.3 is 19.5 Å². The predicted molar refractivity (Wildman–Crippen MR) is 114 cm³/mol. The first-order valence-corrected chi connectivity index (χ1v) is 9.41. The van der Waals surface area contributed by atoms with Gasteiger partial charge in [-0.2, -0.15) is 5.26 Å². The van der Waals surface area contributed by atoms with Crippen LogP contribution in [0, 0.1) is 18.3 Å². The Labute approximate surface area is 179 Å². The number of nitrogens with one attached hydrogen (secondary N) is 1. The Balaban J connectivity index is 2.30. The number of carbonyl (C=O) groups excluding carboxylic acids is 2. The second-order valence-corrected chi connectivity index (χ2v) is 6.52. The van der Waals surface area contributed by atoms with Crippen molar-refractivity contribution in [2.24, 2.45) is 0 Å². The third-order valence-electron chi connectivity index (χ3n) is 3.88. The number of hydrogen-bond acceptors (Lipinski definition) is 6. The summed E-state index contributed by atoms with van der Waals surface area (Å²) in [5.74, 6) is -0.682. The minimum absolute atomic E-state index is 0.114. The van der Waals surface area contributed by atoms with Crippen molar-refractivity contribution in [1.29, 1.82) is 5.26 Å². The zero-order chi connectivity index (χ0) is 22.1. The number of anilines is 1. The fraction of sp³-hybridized carbons (Fsp3) is 0.227. The molecule has 0 aliphatic rings. The number of ether oxygens (including phenoxy) is 3. The largest absolute Gasteiger partial charge is 0.490 e. The van der Waals surface area contributed by atoms with Crippen LogP contribution >= 0.6 is 11.6 Å². The van der Waals surface area contributed by atoms with E-state index >= 15 is 0 Å². The molecule has 30 heavy (non-hydrogen) atoms. The fourth-order valence-corrected chi connectivity index (χ4v) is 2.69. The first-order valence-electron chi connectivity index (χ1n) is 9.03. The lowest BCUT2D eigenvalue weighted by Gasteiger charge is -2.14. The van der Waals surface area contributed by atoms with Gasteiger partial charge in [0.05, 0.1) is 18.7 Å². The highest BCUT2D eigenvalue weighted by molar-refractivity contribution is 6.32. The van der Waals surface area contributed by atoms with Crippen LogP contribution in [0.1, 0.15) is 18.1 Å². The van der Waals surface area contributed by atoms with Gasteiger partial charge in [0, 0.05) is 5.69 Å². The van der Waals surface area contributed by atoms with E-state index in [1.165, 1.54) is 19.3 Å². The van der Waals surface area contributed by atoms with Gasteiger partial charge in [0.2, 0.25) is 0 Å². The minimum atomic E-state index is -0.572. The molecule has 1 amide bonds. The topological polar surface area (TPSA) is 97.6 Å². The van der Waals surface area contributed by atoms with E-state index in [9.17, 15) is 14.9 Å². The Kier molecular flexibility index (Phi) is 8.27. The normalized spacial score (nSPS) is 10.7. The molecule has 0 atom stereocenters. The minimum Gasteiger partial charge on any atom is -0.490 e. The second-order valence-electron chi connectivity index (χ2n) is 6.12. The second kappa shape index (κ2) is 10.9. The SMILES string of the molecule is CCOc1cc(/C=C(\C#N)C(=O)Nc2ccc(C)cc2)cc(Cl)c1OCC(=O)OC. The maximum Gasteiger partial charge on any atom is 0.343 e. The number of amides is 1. The molecule has 0 saturated heterocycles. The van der Waals surface area contributed by atoms with Crippen molar-refractivity contribution in [1.82, 2.24) is 0 Å². The highest BCUT2D eigenvalue weighted by Crippen LogP contribution is 2.37. The van der Waals surface area contributed by atoms with Crippen LogP contribution in [-0.4, -0.2) is 32.2 Å². The average molecular weight is 429 g/mol. The molecule has 2 aromatic carbocycles. The highest BCUT2D eigenvalue weighted by Gasteiger charge is 2.16. The van der Waals surface area contributed by atoms with Gasteiger partial charge in [0.1, 0.15) is 11.6 Å². The Morgan fingerprint density at radius 1 is 1.20 bits per heavy atom. The molecule has 1 N–H and O–H groups in total. The number of methoxy groups -OCH3 is 1. The number of rotatable bonds is 8. The summed E-state index contributed by atoms with van der Waals surface area (Å²) in [5.41, 5.74) is 1.98. The zero-order valence-corrected chi connectivity index (χ0v) is 17.6. The van der Waals surface area contributed by atoms with Crippen LogP contribution < -0.4 is 14.8 Å². The van der Waals surface area contributed by atoms with Crippen molar-refractivity contribution in [3.05, 3.63) is 58.1 Å². The van der Waals surface area contributed by atoms with E-state index in [1.807, 2.05) is 25.1 Å². The number of nitrogens with zero attached hydrogens (tertiary/aromatic N) is 1. The number of carbonyl (C=O) groups is 2. The average Bonchev–Trinajstić information content (AvgIpc) is 2.72. The first-order chi connectivity index (χ1) is 14.4. The lowest BCUT2D eigenvalue weighted by atomic mass is 10.1. The molecule has 8 heteroatoms. The monoisotopic (exact) mass is 428 g/mol. The van der Waals surface area contributed by atoms with Gasteiger partial charge in [-0.05, 0) is 49.8 Å². The quantitative estimate of drug-likeness (QED) is 0.385. The van der Waals surface area contributed by atoms with E-state index in [1.54, 1.807) is 25.1 Å². The van der Waals surface area contributed by atoms with Gasteiger partial charge in [0.15, 0.2) is 18.1 Å². The zero-order valence-electron chi connectivity index (χ0n) is 16.8. The molecule has 0 aromatic heterocycles. The van der Waals surface area contributed by atoms with E-state index in [4.69, 9.17) is 21.1 Å². The molecule has 0 aliphatic heterocycles. The molecule has 0 bridgehead atoms. The number of hydrogen-bond donors (Lipinski definition) is 1. The van der Waals surface area contributed by atoms with Gasteiger partial charge in [0.25, 0.3) is 5.91 Å². The van der Waals surface area contributed by atoms with Crippen LogP contribution in [0.2, 0.25) is 5.02 Å². The molecule has 0 heterocycles. The summed E-state index contributed by atoms with van der Waals surface area (Å²) in [4.78, 5) is 23.8. The van der Waals surface area contributed by atoms with E-state index in [0.29, 0.717) is 17.9 Å². The van der Waals surface area contributed by atoms with Crippen molar-refractivity contribution in [2.75, 3.05) is 25.6 Å². The summed E-state index contributed by atoms with van der Waals surface area (Å²) in [6, 6.07) is 12.2. The van der Waals surface area contributed by atoms with Gasteiger partial charge in [-0.15, -0.1) is 0 Å². The molecular weight excluding hydrogens is 408 g/mol. The molecule has 0 saturated carbocycles. The summed E-state index contributed by atoms with van der Waals surface area (Å²) >= 11 is 6.28. The molecule has 0 unspecified atom stereocenters. The van der Waals surface area contributed by atoms with Crippen LogP contribution in [0.15, 0.2) is 42.0 Å². The standard InChI is InChI=1S/C22H21ClN2O5/c1-4-29-19-11-15(10-18(23)21(19)30-13-20(26)28-3)9-16(12-24)22(27)25-17-7-5-14(2)6-8-17/h5-11H,4,13H2,1-3H3,(H,25,27)/b16-9+. The van der Waals surface area contributed by atoms with Gasteiger partial charge in [-0.25, -0.2) is 4.79 Å². The molecule has 0 radical (unpaired) electrons. The lowest BCUT2D eigenvalue weighted by molar-refractivity contribution is -0.142. The van der Waals surface area contributed by atoms with E-state index in [2.05, 4.69) is 10.1 Å². The fourth-order valence-electron chi connectivity index (χ4n) is 2.41. The van der Waals surface area contributed by atoms with E-state index < -0.39 is 11.9 Å². The molecule has 2 aromatic rings. The first kappa shape index (κ1) is 22.8. The smallest absolute Gasteiger partial charge is 0.343 e. The maximum atomic E-state index is 12.5. The third-order valence-corrected chi connectivity index (χ3v) is 4.16. The van der Waals surface area contributed by atoms with Gasteiger partial charge >= 0.3 is 5.97 Å². The summed E-state index contributed by atoms with van der Waals surface area (Å²) < 4.78 is 15.5. The Morgan fingerprint density at radius 2 is 1.90 bits per heavy atom. The summed E-state index contributed by atoms with van der Waals surface area (Å²) in [6.45, 7) is 3.69. The molecule has 0 aliphatic carbocycles. The van der Waals surface area contributed by atoms with E-state index in [-0.39, 0.29) is 28.7 Å². The Hall–Kier alpha value is -3.50. The molecular formula is C22H21ClN2O5. The molecule has 0 fully saturated rings. The molecule has 7 nitrogen and oxygen atoms in total. The molecule has 156 valence electrons. The number of esters is 1. The summed E-state index contributed by atoms with van der Waals surface area (Å²) in [5, 5.41) is 12.3. The lowest BCUT2D eigenvalue weighted by Crippen LogP contribution is -2.14. The highest BCUT2D eigenvalue weighted by atomic mass is 35.5. The van der Waals surface area contributed by atoms with Crippen molar-refractivity contribution in [3.8, 4) is 17.6 Å². The predicted octanol–water partition coefficient (Wildman–Crippen LogP) is 4.14. The molecule has 2 rings (SSSR count). The van der Waals surface area contributed by atoms with E-state index in [0.717, 1.165) is 5.56 Å². The van der Waals surface area contributed by atoms with Crippen molar-refractivity contribution >= 4 is 35.2 Å². The molecule has 0 spiro atoms. The van der Waals surface area contributed by atoms with Crippen molar-refractivity contribution < 1.29 is 23.8 Å². The Bertz CT molecular complexity index is 994. The summed E-state index contributed by atoms with van der Waals surface area (Å²) in [7, 11) is 1.25. The van der Waals surface area contributed by atoms with Crippen molar-refractivity contribution in [3.63, 3.8) is 0 Å². The van der Waals surface area contributed by atoms with Crippen LogP contribution in [-0.2, 0) is 14.3 Å². The van der Waals surface area contributed by atoms with Crippen LogP contribution in [0.25, 0.3) is 6.08 Å². The maximum absolute atomic E-state index is 12.5. The summed E-state index contributed by atoms with van der Waals surface area (Å²) in [6.07, 6.45) is 1.39. The number of halogens is 1. The van der Waals surface area contributed by atoms with Crippen LogP contribution in [0.5, 0.6) is 11.5 Å². The van der Waals surface area contributed by atoms with Crippen LogP contribution in [0.4, 0.5) is 5.69 Å². The number of aryl methyl sites for hydroxylation is 1. The van der Waals surface area contributed by atoms with Crippen LogP contribution in [0.3, 0.4) is 0 Å². The Morgan fingerprint density at radius 3 is 2.50 bits per heavy atom. The van der Waals surface area contributed by atoms with Gasteiger partial charge in [-0.3, -0.25) is 4.79 Å². The number of benzene rings is 2. The number of nitriles is 1. The van der Waals surface area contributed by atoms with Gasteiger partial charge in [-0.1, -0.05) is 29.3 Å². The third kappa shape index (κ3) is 6.26. The van der Waals surface area contributed by atoms with Crippen molar-refractivity contribution in [2.45, 2.75) is 13.8 Å².